The normalized spacial score (nSPS) is 16.5. The summed E-state index contributed by atoms with van der Waals surface area (Å²) in [6.07, 6.45) is 13.2. The minimum atomic E-state index is -0.433. The van der Waals surface area contributed by atoms with Gasteiger partial charge in [-0.1, -0.05) is 58.3 Å². The van der Waals surface area contributed by atoms with Crippen LogP contribution in [0.25, 0.3) is 0 Å². The third kappa shape index (κ3) is 10.2. The quantitative estimate of drug-likeness (QED) is 0.291. The van der Waals surface area contributed by atoms with Crippen molar-refractivity contribution in [2.45, 2.75) is 111 Å². The first-order valence-electron chi connectivity index (χ1n) is 11.2. The van der Waals surface area contributed by atoms with E-state index in [9.17, 15) is 4.79 Å². The maximum atomic E-state index is 11.9. The molecule has 0 bridgehead atoms. The fourth-order valence-corrected chi connectivity index (χ4v) is 3.49. The van der Waals surface area contributed by atoms with Crippen molar-refractivity contribution in [3.63, 3.8) is 0 Å². The van der Waals surface area contributed by atoms with Crippen molar-refractivity contribution in [1.29, 1.82) is 0 Å². The molecule has 0 aromatic rings. The molecule has 0 radical (unpaired) electrons. The molecule has 0 N–H and O–H groups in total. The highest BCUT2D eigenvalue weighted by Crippen LogP contribution is 2.23. The molecule has 27 heavy (non-hydrogen) atoms. The van der Waals surface area contributed by atoms with Gasteiger partial charge in [0.2, 0.25) is 0 Å². The largest absolute Gasteiger partial charge is 0.463 e. The smallest absolute Gasteiger partial charge is 0.311 e. The van der Waals surface area contributed by atoms with E-state index in [-0.39, 0.29) is 11.5 Å². The van der Waals surface area contributed by atoms with E-state index < -0.39 is 5.41 Å². The van der Waals surface area contributed by atoms with Gasteiger partial charge < -0.3 is 9.64 Å². The Hall–Kier alpha value is -1.06. The number of ether oxygens (including phenoxy) is 1. The molecule has 1 heterocycles. The van der Waals surface area contributed by atoms with Gasteiger partial charge in [-0.05, 0) is 41.0 Å². The van der Waals surface area contributed by atoms with Crippen molar-refractivity contribution in [2.75, 3.05) is 19.7 Å². The van der Waals surface area contributed by atoms with Crippen molar-refractivity contribution >= 4 is 11.8 Å². The van der Waals surface area contributed by atoms with Crippen LogP contribution in [0.5, 0.6) is 0 Å². The van der Waals surface area contributed by atoms with Crippen LogP contribution in [0.2, 0.25) is 0 Å². The van der Waals surface area contributed by atoms with E-state index >= 15 is 0 Å². The highest BCUT2D eigenvalue weighted by Gasteiger charge is 2.31. The summed E-state index contributed by atoms with van der Waals surface area (Å²) in [6.45, 7) is 14.4. The Bertz CT molecular complexity index is 463. The number of rotatable bonds is 13. The van der Waals surface area contributed by atoms with Crippen LogP contribution < -0.4 is 0 Å². The summed E-state index contributed by atoms with van der Waals surface area (Å²) in [5.74, 6) is 1.08. The average molecular weight is 381 g/mol. The van der Waals surface area contributed by atoms with Crippen LogP contribution in [-0.2, 0) is 9.53 Å². The summed E-state index contributed by atoms with van der Waals surface area (Å²) in [5, 5.41) is 0. The van der Waals surface area contributed by atoms with Crippen LogP contribution in [0.4, 0.5) is 0 Å². The molecule has 1 aliphatic heterocycles. The van der Waals surface area contributed by atoms with Crippen molar-refractivity contribution in [3.05, 3.63) is 0 Å². The van der Waals surface area contributed by atoms with Crippen LogP contribution in [0.3, 0.4) is 0 Å². The third-order valence-electron chi connectivity index (χ3n) is 5.09. The SMILES string of the molecule is CCCCCCCCCCCC1=NC(C)(C)CN1CCOC(=O)C(C)(C)C. The zero-order valence-corrected chi connectivity index (χ0v) is 18.9. The fraction of sp³-hybridized carbons (Fsp3) is 0.913. The molecule has 0 aromatic carbocycles. The van der Waals surface area contributed by atoms with Crippen LogP contribution >= 0.6 is 0 Å². The summed E-state index contributed by atoms with van der Waals surface area (Å²) in [7, 11) is 0. The van der Waals surface area contributed by atoms with Gasteiger partial charge in [-0.25, -0.2) is 0 Å². The number of unbranched alkanes of at least 4 members (excludes halogenated alkanes) is 8. The molecule has 0 aromatic heterocycles. The molecular weight excluding hydrogens is 336 g/mol. The molecule has 0 saturated heterocycles. The molecule has 0 spiro atoms. The molecule has 0 aliphatic carbocycles. The van der Waals surface area contributed by atoms with Gasteiger partial charge in [-0.2, -0.15) is 0 Å². The van der Waals surface area contributed by atoms with E-state index in [1.54, 1.807) is 0 Å². The Morgan fingerprint density at radius 1 is 1.04 bits per heavy atom. The molecule has 4 heteroatoms. The first-order chi connectivity index (χ1) is 12.7. The number of carbonyl (C=O) groups excluding carboxylic acids is 1. The molecule has 0 amide bonds. The van der Waals surface area contributed by atoms with Gasteiger partial charge >= 0.3 is 5.97 Å². The number of amidine groups is 1. The zero-order valence-electron chi connectivity index (χ0n) is 18.9. The van der Waals surface area contributed by atoms with Crippen LogP contribution in [-0.4, -0.2) is 41.9 Å². The van der Waals surface area contributed by atoms with Crippen LogP contribution in [0, 0.1) is 5.41 Å². The molecule has 0 unspecified atom stereocenters. The fourth-order valence-electron chi connectivity index (χ4n) is 3.49. The second-order valence-electron chi connectivity index (χ2n) is 9.73. The maximum absolute atomic E-state index is 11.9. The second kappa shape index (κ2) is 11.7. The van der Waals surface area contributed by atoms with E-state index in [2.05, 4.69) is 25.7 Å². The summed E-state index contributed by atoms with van der Waals surface area (Å²) in [5.41, 5.74) is -0.458. The molecule has 4 nitrogen and oxygen atoms in total. The van der Waals surface area contributed by atoms with Crippen LogP contribution in [0.1, 0.15) is 106 Å². The van der Waals surface area contributed by atoms with E-state index in [4.69, 9.17) is 9.73 Å². The highest BCUT2D eigenvalue weighted by molar-refractivity contribution is 5.84. The molecule has 0 fully saturated rings. The standard InChI is InChI=1S/C23H44N2O2/c1-7-8-9-10-11-12-13-14-15-16-20-24-23(5,6)19-25(20)17-18-27-21(26)22(2,3)4/h7-19H2,1-6H3. The van der Waals surface area contributed by atoms with Crippen molar-refractivity contribution in [2.24, 2.45) is 10.4 Å². The third-order valence-corrected chi connectivity index (χ3v) is 5.09. The van der Waals surface area contributed by atoms with Gasteiger partial charge in [-0.15, -0.1) is 0 Å². The van der Waals surface area contributed by atoms with Crippen molar-refractivity contribution in [3.8, 4) is 0 Å². The van der Waals surface area contributed by atoms with E-state index in [1.807, 2.05) is 20.8 Å². The van der Waals surface area contributed by atoms with Crippen molar-refractivity contribution in [1.82, 2.24) is 4.90 Å². The van der Waals surface area contributed by atoms with Gasteiger partial charge in [0.25, 0.3) is 0 Å². The summed E-state index contributed by atoms with van der Waals surface area (Å²) in [4.78, 5) is 19.2. The highest BCUT2D eigenvalue weighted by atomic mass is 16.5. The van der Waals surface area contributed by atoms with E-state index in [0.29, 0.717) is 6.61 Å². The second-order valence-corrected chi connectivity index (χ2v) is 9.73. The van der Waals surface area contributed by atoms with E-state index in [0.717, 1.165) is 19.5 Å². The lowest BCUT2D eigenvalue weighted by molar-refractivity contribution is -0.153. The van der Waals surface area contributed by atoms with Gasteiger partial charge in [0, 0.05) is 13.0 Å². The number of hydrogen-bond donors (Lipinski definition) is 0. The molecule has 0 saturated carbocycles. The first kappa shape index (κ1) is 24.0. The van der Waals surface area contributed by atoms with E-state index in [1.165, 1.54) is 63.6 Å². The van der Waals surface area contributed by atoms with Crippen molar-refractivity contribution < 1.29 is 9.53 Å². The predicted octanol–water partition coefficient (Wildman–Crippen LogP) is 5.99. The molecule has 1 rings (SSSR count). The summed E-state index contributed by atoms with van der Waals surface area (Å²) in [6, 6.07) is 0. The summed E-state index contributed by atoms with van der Waals surface area (Å²) < 4.78 is 5.45. The Morgan fingerprint density at radius 3 is 2.15 bits per heavy atom. The Balaban J connectivity index is 2.25. The number of carbonyl (C=O) groups is 1. The topological polar surface area (TPSA) is 41.9 Å². The van der Waals surface area contributed by atoms with Gasteiger partial charge in [0.15, 0.2) is 0 Å². The lowest BCUT2D eigenvalue weighted by atomic mass is 9.97. The number of esters is 1. The average Bonchev–Trinajstić information content (AvgIpc) is 2.86. The Morgan fingerprint density at radius 2 is 1.59 bits per heavy atom. The lowest BCUT2D eigenvalue weighted by Crippen LogP contribution is -2.36. The minimum Gasteiger partial charge on any atom is -0.463 e. The first-order valence-corrected chi connectivity index (χ1v) is 11.2. The number of nitrogens with zero attached hydrogens (tertiary/aromatic N) is 2. The number of hydrogen-bond acceptors (Lipinski definition) is 4. The molecular formula is C23H44N2O2. The van der Waals surface area contributed by atoms with Gasteiger partial charge in [-0.3, -0.25) is 9.79 Å². The minimum absolute atomic E-state index is 0.0252. The Kier molecular flexibility index (Phi) is 10.4. The summed E-state index contributed by atoms with van der Waals surface area (Å²) >= 11 is 0. The molecule has 0 atom stereocenters. The molecule has 158 valence electrons. The number of aliphatic imine (C=N–C) groups is 1. The molecule has 1 aliphatic rings. The zero-order chi connectivity index (χ0) is 20.3. The van der Waals surface area contributed by atoms with Gasteiger partial charge in [0.1, 0.15) is 6.61 Å². The Labute approximate surface area is 168 Å². The van der Waals surface area contributed by atoms with Crippen LogP contribution in [0.15, 0.2) is 4.99 Å². The maximum Gasteiger partial charge on any atom is 0.311 e. The lowest BCUT2D eigenvalue weighted by Gasteiger charge is -2.24. The predicted molar refractivity (Wildman–Crippen MR) is 115 cm³/mol. The monoisotopic (exact) mass is 380 g/mol. The van der Waals surface area contributed by atoms with Gasteiger partial charge in [0.05, 0.1) is 23.3 Å².